The smallest absolute Gasteiger partial charge is 0.407 e. The van der Waals surface area contributed by atoms with Gasteiger partial charge < -0.3 is 30.5 Å². The predicted octanol–water partition coefficient (Wildman–Crippen LogP) is 1.76. The summed E-state index contributed by atoms with van der Waals surface area (Å²) in [5, 5.41) is 16.9. The number of ether oxygens (including phenoxy) is 2. The summed E-state index contributed by atoms with van der Waals surface area (Å²) in [5.41, 5.74) is 6.66. The number of hydrogen-bond donors (Lipinski definition) is 3. The first-order valence-corrected chi connectivity index (χ1v) is 9.77. The number of aromatic nitrogens is 2. The fourth-order valence-electron chi connectivity index (χ4n) is 3.48. The second-order valence-electron chi connectivity index (χ2n) is 6.93. The molecule has 4 N–H and O–H groups in total. The van der Waals surface area contributed by atoms with Gasteiger partial charge in [-0.15, -0.1) is 0 Å². The fourth-order valence-corrected chi connectivity index (χ4v) is 3.48. The van der Waals surface area contributed by atoms with Crippen molar-refractivity contribution < 1.29 is 24.2 Å². The fraction of sp³-hybridized carbons (Fsp3) is 0.381. The summed E-state index contributed by atoms with van der Waals surface area (Å²) in [6.45, 7) is 3.07. The zero-order valence-corrected chi connectivity index (χ0v) is 17.6. The molecule has 1 aliphatic heterocycles. The second kappa shape index (κ2) is 9.30. The molecule has 1 saturated heterocycles. The van der Waals surface area contributed by atoms with Crippen LogP contribution >= 0.6 is 0 Å². The van der Waals surface area contributed by atoms with Gasteiger partial charge in [0.05, 0.1) is 20.3 Å². The molecule has 0 radical (unpaired) electrons. The summed E-state index contributed by atoms with van der Waals surface area (Å²) in [5.74, 6) is 6.85. The van der Waals surface area contributed by atoms with Crippen molar-refractivity contribution in [3.8, 4) is 23.3 Å². The number of carbonyl (C=O) groups excluding carboxylic acids is 1. The summed E-state index contributed by atoms with van der Waals surface area (Å²) in [6, 6.07) is 4.98. The van der Waals surface area contributed by atoms with Gasteiger partial charge in [0.25, 0.3) is 5.91 Å². The predicted molar refractivity (Wildman–Crippen MR) is 114 cm³/mol. The number of carboxylic acid groups (broad SMARTS) is 1. The van der Waals surface area contributed by atoms with E-state index in [0.29, 0.717) is 42.4 Å². The minimum atomic E-state index is -0.984. The van der Waals surface area contributed by atoms with Crippen LogP contribution in [0.25, 0.3) is 0 Å². The van der Waals surface area contributed by atoms with Crippen LogP contribution in [0, 0.1) is 11.8 Å². The molecule has 2 aromatic rings. The van der Waals surface area contributed by atoms with E-state index in [1.807, 2.05) is 6.92 Å². The Morgan fingerprint density at radius 1 is 1.26 bits per heavy atom. The van der Waals surface area contributed by atoms with E-state index in [4.69, 9.17) is 15.2 Å². The molecule has 10 nitrogen and oxygen atoms in total. The lowest BCUT2D eigenvalue weighted by molar-refractivity contribution is 0.100. The molecule has 164 valence electrons. The zero-order valence-electron chi connectivity index (χ0n) is 17.6. The second-order valence-corrected chi connectivity index (χ2v) is 6.93. The number of anilines is 1. The molecule has 2 heterocycles. The number of primary amides is 1. The molecule has 0 unspecified atom stereocenters. The molecule has 0 saturated carbocycles. The number of benzene rings is 1. The Bertz CT molecular complexity index is 1030. The lowest BCUT2D eigenvalue weighted by Gasteiger charge is -2.16. The number of carbonyl (C=O) groups is 2. The molecular weight excluding hydrogens is 402 g/mol. The highest BCUT2D eigenvalue weighted by Crippen LogP contribution is 2.29. The van der Waals surface area contributed by atoms with Crippen molar-refractivity contribution in [2.75, 3.05) is 39.2 Å². The molecule has 1 aliphatic rings. The lowest BCUT2D eigenvalue weighted by atomic mass is 10.1. The molecule has 31 heavy (non-hydrogen) atoms. The van der Waals surface area contributed by atoms with Gasteiger partial charge in [-0.2, -0.15) is 5.10 Å². The Morgan fingerprint density at radius 2 is 1.94 bits per heavy atom. The molecule has 0 spiro atoms. The number of nitrogens with one attached hydrogen (secondary N) is 1. The maximum absolute atomic E-state index is 12.2. The van der Waals surface area contributed by atoms with Gasteiger partial charge in [-0.05, 0) is 31.4 Å². The minimum Gasteiger partial charge on any atom is -0.497 e. The van der Waals surface area contributed by atoms with Gasteiger partial charge >= 0.3 is 6.09 Å². The molecule has 1 atom stereocenters. The Labute approximate surface area is 179 Å². The first-order valence-electron chi connectivity index (χ1n) is 9.77. The molecule has 1 fully saturated rings. The van der Waals surface area contributed by atoms with E-state index in [9.17, 15) is 14.7 Å². The van der Waals surface area contributed by atoms with E-state index in [0.717, 1.165) is 0 Å². The molecule has 1 aromatic carbocycles. The van der Waals surface area contributed by atoms with Gasteiger partial charge in [0.15, 0.2) is 5.69 Å². The molecular formula is C21H25N5O5. The van der Waals surface area contributed by atoms with Crippen LogP contribution in [0.15, 0.2) is 18.2 Å². The summed E-state index contributed by atoms with van der Waals surface area (Å²) >= 11 is 0. The van der Waals surface area contributed by atoms with Crippen molar-refractivity contribution in [2.24, 2.45) is 5.73 Å². The normalized spacial score (nSPS) is 15.2. The Hall–Kier alpha value is -3.87. The zero-order chi connectivity index (χ0) is 22.5. The van der Waals surface area contributed by atoms with Crippen molar-refractivity contribution in [1.29, 1.82) is 0 Å². The van der Waals surface area contributed by atoms with Crippen LogP contribution in [0.3, 0.4) is 0 Å². The molecule has 10 heteroatoms. The maximum atomic E-state index is 12.2. The maximum Gasteiger partial charge on any atom is 0.407 e. The van der Waals surface area contributed by atoms with E-state index in [2.05, 4.69) is 22.3 Å². The van der Waals surface area contributed by atoms with Crippen molar-refractivity contribution in [3.63, 3.8) is 0 Å². The summed E-state index contributed by atoms with van der Waals surface area (Å²) < 4.78 is 12.1. The number of nitrogens with zero attached hydrogens (tertiary/aromatic N) is 3. The van der Waals surface area contributed by atoms with E-state index >= 15 is 0 Å². The number of methoxy groups -OCH3 is 2. The van der Waals surface area contributed by atoms with Crippen LogP contribution in [0.5, 0.6) is 11.5 Å². The van der Waals surface area contributed by atoms with Crippen LogP contribution in [0.2, 0.25) is 0 Å². The van der Waals surface area contributed by atoms with Crippen molar-refractivity contribution in [1.82, 2.24) is 14.7 Å². The Kier molecular flexibility index (Phi) is 6.55. The number of hydrogen-bond acceptors (Lipinski definition) is 6. The van der Waals surface area contributed by atoms with E-state index in [1.165, 1.54) is 4.90 Å². The highest BCUT2D eigenvalue weighted by atomic mass is 16.5. The Morgan fingerprint density at radius 3 is 2.45 bits per heavy atom. The van der Waals surface area contributed by atoms with Gasteiger partial charge in [0.2, 0.25) is 0 Å². The molecule has 1 aromatic heterocycles. The van der Waals surface area contributed by atoms with Crippen molar-refractivity contribution in [2.45, 2.75) is 19.4 Å². The largest absolute Gasteiger partial charge is 0.497 e. The highest BCUT2D eigenvalue weighted by Gasteiger charge is 2.32. The van der Waals surface area contributed by atoms with Gasteiger partial charge in [-0.3, -0.25) is 4.79 Å². The average Bonchev–Trinajstić information content (AvgIpc) is 3.37. The highest BCUT2D eigenvalue weighted by molar-refractivity contribution is 6.00. The van der Waals surface area contributed by atoms with Crippen LogP contribution in [-0.2, 0) is 0 Å². The van der Waals surface area contributed by atoms with Crippen LogP contribution in [0.1, 0.15) is 41.0 Å². The van der Waals surface area contributed by atoms with Gasteiger partial charge in [-0.25, -0.2) is 9.48 Å². The monoisotopic (exact) mass is 427 g/mol. The van der Waals surface area contributed by atoms with Gasteiger partial charge in [-0.1, -0.05) is 5.92 Å². The molecule has 0 aliphatic carbocycles. The summed E-state index contributed by atoms with van der Waals surface area (Å²) in [6.07, 6.45) is -0.411. The van der Waals surface area contributed by atoms with Crippen LogP contribution < -0.4 is 20.5 Å². The number of rotatable bonds is 6. The van der Waals surface area contributed by atoms with E-state index in [-0.39, 0.29) is 23.8 Å². The standard InChI is InChI=1S/C21H25N5O5/c1-4-23-20-18(19(22)27)17(24-26(20)14-7-8-25(12-14)21(28)29)6-5-13-9-15(30-2)11-16(10-13)31-3/h9-11,14,23H,4,7-8,12H2,1-3H3,(H2,22,27)(H,28,29)/t14-/m0/s1. The minimum absolute atomic E-state index is 0.179. The third kappa shape index (κ3) is 4.66. The summed E-state index contributed by atoms with van der Waals surface area (Å²) in [7, 11) is 3.09. The average molecular weight is 427 g/mol. The van der Waals surface area contributed by atoms with Crippen LogP contribution in [0.4, 0.5) is 10.6 Å². The first-order chi connectivity index (χ1) is 14.9. The molecule has 3 rings (SSSR count). The number of amides is 2. The third-order valence-electron chi connectivity index (χ3n) is 4.96. The van der Waals surface area contributed by atoms with Gasteiger partial charge in [0, 0.05) is 31.3 Å². The third-order valence-corrected chi connectivity index (χ3v) is 4.96. The van der Waals surface area contributed by atoms with E-state index < -0.39 is 12.0 Å². The SMILES string of the molecule is CCNc1c(C(N)=O)c(C#Cc2cc(OC)cc(OC)c2)nn1[C@H]1CCN(C(=O)O)C1. The van der Waals surface area contributed by atoms with Crippen molar-refractivity contribution in [3.05, 3.63) is 35.0 Å². The number of likely N-dealkylation sites (tertiary alicyclic amines) is 1. The number of nitrogens with two attached hydrogens (primary N) is 1. The molecule has 2 amide bonds. The van der Waals surface area contributed by atoms with Crippen molar-refractivity contribution >= 4 is 17.8 Å². The van der Waals surface area contributed by atoms with Crippen LogP contribution in [-0.4, -0.2) is 65.6 Å². The van der Waals surface area contributed by atoms with E-state index in [1.54, 1.807) is 37.1 Å². The van der Waals surface area contributed by atoms with Gasteiger partial charge in [0.1, 0.15) is 22.9 Å². The first kappa shape index (κ1) is 21.8. The lowest BCUT2D eigenvalue weighted by Crippen LogP contribution is -2.27. The summed E-state index contributed by atoms with van der Waals surface area (Å²) in [4.78, 5) is 24.9. The molecule has 0 bridgehead atoms. The Balaban J connectivity index is 2.05. The topological polar surface area (TPSA) is 132 Å². The quantitative estimate of drug-likeness (QED) is 0.599.